The zero-order valence-electron chi connectivity index (χ0n) is 11.4. The van der Waals surface area contributed by atoms with Crippen LogP contribution in [0.4, 0.5) is 5.82 Å². The summed E-state index contributed by atoms with van der Waals surface area (Å²) in [5, 5.41) is 3.33. The van der Waals surface area contributed by atoms with E-state index in [0.29, 0.717) is 5.92 Å². The molecule has 2 heterocycles. The largest absolute Gasteiger partial charge is 0.370 e. The molecule has 3 nitrogen and oxygen atoms in total. The highest BCUT2D eigenvalue weighted by Crippen LogP contribution is 2.31. The summed E-state index contributed by atoms with van der Waals surface area (Å²) in [5.74, 6) is 2.05. The molecule has 102 valence electrons. The molecule has 0 aliphatic heterocycles. The lowest BCUT2D eigenvalue weighted by atomic mass is 10.2. The number of hydrogen-bond donors (Lipinski definition) is 1. The van der Waals surface area contributed by atoms with Crippen molar-refractivity contribution in [1.82, 2.24) is 9.97 Å². The van der Waals surface area contributed by atoms with Gasteiger partial charge in [-0.3, -0.25) is 0 Å². The Morgan fingerprint density at radius 1 is 1.32 bits per heavy atom. The molecular formula is C14H18ClN3S. The zero-order chi connectivity index (χ0) is 13.8. The lowest BCUT2D eigenvalue weighted by Gasteiger charge is -2.10. The van der Waals surface area contributed by atoms with Crippen LogP contribution in [0.25, 0.3) is 10.6 Å². The van der Waals surface area contributed by atoms with Crippen LogP contribution >= 0.6 is 22.9 Å². The molecule has 0 aromatic carbocycles. The molecular weight excluding hydrogens is 278 g/mol. The van der Waals surface area contributed by atoms with Crippen LogP contribution in [-0.4, -0.2) is 16.5 Å². The molecule has 2 aromatic heterocycles. The van der Waals surface area contributed by atoms with Crippen LogP contribution in [0.3, 0.4) is 0 Å². The topological polar surface area (TPSA) is 37.8 Å². The fourth-order valence-corrected chi connectivity index (χ4v) is 2.65. The molecule has 0 bridgehead atoms. The third-order valence-electron chi connectivity index (χ3n) is 2.64. The number of aromatic nitrogens is 2. The molecule has 0 aliphatic rings. The highest BCUT2D eigenvalue weighted by atomic mass is 35.5. The van der Waals surface area contributed by atoms with E-state index in [-0.39, 0.29) is 0 Å². The van der Waals surface area contributed by atoms with Crippen molar-refractivity contribution in [2.75, 3.05) is 11.9 Å². The first-order valence-corrected chi connectivity index (χ1v) is 7.68. The van der Waals surface area contributed by atoms with Crippen molar-refractivity contribution in [3.05, 3.63) is 28.4 Å². The molecule has 1 N–H and O–H groups in total. The molecule has 0 unspecified atom stereocenters. The summed E-state index contributed by atoms with van der Waals surface area (Å²) in [6.07, 6.45) is 1.07. The second-order valence-corrected chi connectivity index (χ2v) is 6.40. The van der Waals surface area contributed by atoms with E-state index in [1.54, 1.807) is 11.3 Å². The number of anilines is 1. The zero-order valence-corrected chi connectivity index (χ0v) is 13.0. The van der Waals surface area contributed by atoms with Crippen molar-refractivity contribution < 1.29 is 0 Å². The van der Waals surface area contributed by atoms with Gasteiger partial charge in [-0.1, -0.05) is 32.4 Å². The summed E-state index contributed by atoms with van der Waals surface area (Å²) in [4.78, 5) is 10.3. The molecule has 2 rings (SSSR count). The number of hydrogen-bond acceptors (Lipinski definition) is 4. The Morgan fingerprint density at radius 2 is 2.11 bits per heavy atom. The average Bonchev–Trinajstić information content (AvgIpc) is 2.82. The first-order chi connectivity index (χ1) is 9.10. The second-order valence-electron chi connectivity index (χ2n) is 4.68. The van der Waals surface area contributed by atoms with E-state index in [1.807, 2.05) is 18.2 Å². The lowest BCUT2D eigenvalue weighted by Crippen LogP contribution is -2.06. The molecule has 5 heteroatoms. The number of rotatable bonds is 5. The smallest absolute Gasteiger partial charge is 0.133 e. The van der Waals surface area contributed by atoms with Crippen molar-refractivity contribution in [3.63, 3.8) is 0 Å². The molecule has 0 aliphatic carbocycles. The molecule has 19 heavy (non-hydrogen) atoms. The maximum absolute atomic E-state index is 6.00. The Kier molecular flexibility index (Phi) is 4.77. The van der Waals surface area contributed by atoms with Crippen LogP contribution in [0.1, 0.15) is 38.9 Å². The molecule has 0 saturated carbocycles. The van der Waals surface area contributed by atoms with E-state index in [2.05, 4.69) is 36.1 Å². The summed E-state index contributed by atoms with van der Waals surface area (Å²) in [6, 6.07) is 5.89. The summed E-state index contributed by atoms with van der Waals surface area (Å²) in [7, 11) is 0. The van der Waals surface area contributed by atoms with E-state index >= 15 is 0 Å². The first kappa shape index (κ1) is 14.3. The third-order valence-corrected chi connectivity index (χ3v) is 3.90. The van der Waals surface area contributed by atoms with Gasteiger partial charge < -0.3 is 5.32 Å². The minimum atomic E-state index is 0.303. The van der Waals surface area contributed by atoms with Crippen molar-refractivity contribution >= 4 is 28.8 Å². The number of thiophene rings is 1. The Morgan fingerprint density at radius 3 is 2.68 bits per heavy atom. The molecule has 0 atom stereocenters. The Bertz CT molecular complexity index is 551. The van der Waals surface area contributed by atoms with Gasteiger partial charge in [-0.05, 0) is 18.6 Å². The van der Waals surface area contributed by atoms with Gasteiger partial charge in [0.1, 0.15) is 11.6 Å². The first-order valence-electron chi connectivity index (χ1n) is 6.48. The molecule has 0 spiro atoms. The van der Waals surface area contributed by atoms with Crippen molar-refractivity contribution in [2.24, 2.45) is 0 Å². The van der Waals surface area contributed by atoms with E-state index in [4.69, 9.17) is 11.6 Å². The highest BCUT2D eigenvalue weighted by molar-refractivity contribution is 7.19. The van der Waals surface area contributed by atoms with Gasteiger partial charge in [0.2, 0.25) is 0 Å². The van der Waals surface area contributed by atoms with Gasteiger partial charge in [0, 0.05) is 18.5 Å². The molecule has 0 fully saturated rings. The predicted octanol–water partition coefficient (Wildman–Crippen LogP) is 4.80. The van der Waals surface area contributed by atoms with E-state index in [0.717, 1.165) is 39.5 Å². The average molecular weight is 296 g/mol. The van der Waals surface area contributed by atoms with Gasteiger partial charge in [0.25, 0.3) is 0 Å². The van der Waals surface area contributed by atoms with Crippen molar-refractivity contribution in [1.29, 1.82) is 0 Å². The van der Waals surface area contributed by atoms with Gasteiger partial charge in [0.05, 0.1) is 14.9 Å². The quantitative estimate of drug-likeness (QED) is 0.860. The highest BCUT2D eigenvalue weighted by Gasteiger charge is 2.10. The van der Waals surface area contributed by atoms with Crippen LogP contribution in [0, 0.1) is 0 Å². The van der Waals surface area contributed by atoms with Gasteiger partial charge in [-0.2, -0.15) is 0 Å². The van der Waals surface area contributed by atoms with Gasteiger partial charge in [0.15, 0.2) is 0 Å². The van der Waals surface area contributed by atoms with Crippen molar-refractivity contribution in [3.8, 4) is 10.6 Å². The molecule has 2 aromatic rings. The Labute approximate surface area is 123 Å². The second kappa shape index (κ2) is 6.35. The number of nitrogens with zero attached hydrogens (tertiary/aromatic N) is 2. The summed E-state index contributed by atoms with van der Waals surface area (Å²) >= 11 is 7.54. The minimum absolute atomic E-state index is 0.303. The molecule has 0 radical (unpaired) electrons. The predicted molar refractivity (Wildman–Crippen MR) is 83.2 cm³/mol. The van der Waals surface area contributed by atoms with E-state index < -0.39 is 0 Å². The fourth-order valence-electron chi connectivity index (χ4n) is 1.65. The van der Waals surface area contributed by atoms with Crippen LogP contribution < -0.4 is 5.32 Å². The number of nitrogens with one attached hydrogen (secondary N) is 1. The van der Waals surface area contributed by atoms with Crippen LogP contribution in [0.15, 0.2) is 18.2 Å². The minimum Gasteiger partial charge on any atom is -0.370 e. The van der Waals surface area contributed by atoms with Crippen molar-refractivity contribution in [2.45, 2.75) is 33.1 Å². The maximum Gasteiger partial charge on any atom is 0.133 e. The lowest BCUT2D eigenvalue weighted by molar-refractivity contribution is 0.776. The SMILES string of the molecule is CCCNc1cc(-c2ccc(Cl)s2)nc(C(C)C)n1. The van der Waals surface area contributed by atoms with Crippen LogP contribution in [-0.2, 0) is 0 Å². The molecule has 0 saturated heterocycles. The normalized spacial score (nSPS) is 11.0. The summed E-state index contributed by atoms with van der Waals surface area (Å²) < 4.78 is 0.780. The maximum atomic E-state index is 6.00. The van der Waals surface area contributed by atoms with Gasteiger partial charge >= 0.3 is 0 Å². The van der Waals surface area contributed by atoms with Gasteiger partial charge in [-0.25, -0.2) is 9.97 Å². The summed E-state index contributed by atoms with van der Waals surface area (Å²) in [5.41, 5.74) is 0.939. The van der Waals surface area contributed by atoms with E-state index in [1.165, 1.54) is 0 Å². The standard InChI is InChI=1S/C14H18ClN3S/c1-4-7-16-13-8-10(11-5-6-12(15)19-11)17-14(18-13)9(2)3/h5-6,8-9H,4,7H2,1-3H3,(H,16,17,18). The summed E-state index contributed by atoms with van der Waals surface area (Å²) in [6.45, 7) is 7.25. The van der Waals surface area contributed by atoms with Gasteiger partial charge in [-0.15, -0.1) is 11.3 Å². The van der Waals surface area contributed by atoms with Crippen LogP contribution in [0.5, 0.6) is 0 Å². The Balaban J connectivity index is 2.39. The fraction of sp³-hybridized carbons (Fsp3) is 0.429. The van der Waals surface area contributed by atoms with Crippen LogP contribution in [0.2, 0.25) is 4.34 Å². The Hall–Kier alpha value is -1.13. The van der Waals surface area contributed by atoms with E-state index in [9.17, 15) is 0 Å². The third kappa shape index (κ3) is 3.67. The monoisotopic (exact) mass is 295 g/mol. The number of halogens is 1. The molecule has 0 amide bonds.